The van der Waals surface area contributed by atoms with Gasteiger partial charge in [-0.05, 0) is 43.3 Å². The standard InChI is InChI=1S/C22H22N2O5/c1-15(28-22(26)20-14-16-4-2-3-5-19(16)29-20)21(25)23-17-6-8-18(9-7-17)24-10-12-27-13-11-24/h2-9,14-15H,10-13H2,1H3,(H,23,25)/t15-/m1/s1. The van der Waals surface area contributed by atoms with Gasteiger partial charge >= 0.3 is 5.97 Å². The highest BCUT2D eigenvalue weighted by molar-refractivity contribution is 5.98. The van der Waals surface area contributed by atoms with E-state index < -0.39 is 18.0 Å². The molecular weight excluding hydrogens is 372 g/mol. The Bertz CT molecular complexity index is 972. The van der Waals surface area contributed by atoms with Crippen LogP contribution in [0.5, 0.6) is 0 Å². The molecule has 0 saturated carbocycles. The number of rotatable bonds is 5. The quantitative estimate of drug-likeness (QED) is 0.668. The van der Waals surface area contributed by atoms with Gasteiger partial charge in [0.05, 0.1) is 13.2 Å². The van der Waals surface area contributed by atoms with Crippen LogP contribution in [-0.2, 0) is 14.3 Å². The fourth-order valence-corrected chi connectivity index (χ4v) is 3.18. The molecule has 3 aromatic rings. The predicted molar refractivity (Wildman–Crippen MR) is 109 cm³/mol. The SMILES string of the molecule is C[C@@H](OC(=O)c1cc2ccccc2o1)C(=O)Nc1ccc(N2CCOCC2)cc1. The van der Waals surface area contributed by atoms with Gasteiger partial charge in [-0.1, -0.05) is 18.2 Å². The van der Waals surface area contributed by atoms with Crippen LogP contribution in [0, 0.1) is 0 Å². The molecule has 1 aromatic heterocycles. The van der Waals surface area contributed by atoms with Gasteiger partial charge in [0.15, 0.2) is 6.10 Å². The zero-order valence-electron chi connectivity index (χ0n) is 16.1. The van der Waals surface area contributed by atoms with Crippen molar-refractivity contribution in [2.75, 3.05) is 36.5 Å². The first-order valence-corrected chi connectivity index (χ1v) is 9.53. The number of amides is 1. The highest BCUT2D eigenvalue weighted by atomic mass is 16.6. The molecule has 2 aromatic carbocycles. The van der Waals surface area contributed by atoms with Crippen LogP contribution in [-0.4, -0.2) is 44.3 Å². The van der Waals surface area contributed by atoms with Gasteiger partial charge in [0.25, 0.3) is 5.91 Å². The Hall–Kier alpha value is -3.32. The molecule has 1 aliphatic heterocycles. The Kier molecular flexibility index (Phi) is 5.48. The lowest BCUT2D eigenvalue weighted by molar-refractivity contribution is -0.123. The van der Waals surface area contributed by atoms with Crippen molar-refractivity contribution in [1.82, 2.24) is 0 Å². The van der Waals surface area contributed by atoms with E-state index in [2.05, 4.69) is 10.2 Å². The summed E-state index contributed by atoms with van der Waals surface area (Å²) in [7, 11) is 0. The highest BCUT2D eigenvalue weighted by Crippen LogP contribution is 2.21. The Morgan fingerprint density at radius 3 is 2.52 bits per heavy atom. The molecule has 0 bridgehead atoms. The second kappa shape index (κ2) is 8.36. The third-order valence-corrected chi connectivity index (χ3v) is 4.79. The third-order valence-electron chi connectivity index (χ3n) is 4.79. The maximum absolute atomic E-state index is 12.4. The molecule has 29 heavy (non-hydrogen) atoms. The van der Waals surface area contributed by atoms with Crippen molar-refractivity contribution in [2.45, 2.75) is 13.0 Å². The van der Waals surface area contributed by atoms with Crippen molar-refractivity contribution >= 4 is 34.2 Å². The van der Waals surface area contributed by atoms with Crippen LogP contribution in [0.1, 0.15) is 17.5 Å². The highest BCUT2D eigenvalue weighted by Gasteiger charge is 2.22. The molecular formula is C22H22N2O5. The molecule has 0 unspecified atom stereocenters. The van der Waals surface area contributed by atoms with E-state index in [1.54, 1.807) is 12.1 Å². The summed E-state index contributed by atoms with van der Waals surface area (Å²) in [5, 5.41) is 3.57. The molecule has 1 aliphatic rings. The van der Waals surface area contributed by atoms with E-state index >= 15 is 0 Å². The third kappa shape index (κ3) is 4.41. The van der Waals surface area contributed by atoms with E-state index in [4.69, 9.17) is 13.9 Å². The summed E-state index contributed by atoms with van der Waals surface area (Å²) >= 11 is 0. The maximum atomic E-state index is 12.4. The fraction of sp³-hybridized carbons (Fsp3) is 0.273. The van der Waals surface area contributed by atoms with Gasteiger partial charge in [-0.3, -0.25) is 4.79 Å². The number of furan rings is 1. The number of fused-ring (bicyclic) bond motifs is 1. The van der Waals surface area contributed by atoms with Crippen LogP contribution in [0.3, 0.4) is 0 Å². The average Bonchev–Trinajstić information content (AvgIpc) is 3.19. The number of anilines is 2. The summed E-state index contributed by atoms with van der Waals surface area (Å²) < 4.78 is 16.1. The van der Waals surface area contributed by atoms with E-state index in [-0.39, 0.29) is 5.76 Å². The first-order valence-electron chi connectivity index (χ1n) is 9.53. The Morgan fingerprint density at radius 1 is 1.07 bits per heavy atom. The topological polar surface area (TPSA) is 81.0 Å². The van der Waals surface area contributed by atoms with Gasteiger partial charge in [-0.25, -0.2) is 4.79 Å². The minimum atomic E-state index is -0.963. The van der Waals surface area contributed by atoms with Gasteiger partial charge in [0.2, 0.25) is 5.76 Å². The summed E-state index contributed by atoms with van der Waals surface area (Å²) in [6.07, 6.45) is -0.963. The summed E-state index contributed by atoms with van der Waals surface area (Å²) in [5.41, 5.74) is 2.31. The molecule has 1 N–H and O–H groups in total. The maximum Gasteiger partial charge on any atom is 0.375 e. The second-order valence-corrected chi connectivity index (χ2v) is 6.83. The second-order valence-electron chi connectivity index (χ2n) is 6.83. The number of esters is 1. The van der Waals surface area contributed by atoms with Gasteiger partial charge in [0, 0.05) is 29.9 Å². The minimum absolute atomic E-state index is 0.0701. The number of benzene rings is 2. The first kappa shape index (κ1) is 19.0. The number of ether oxygens (including phenoxy) is 2. The van der Waals surface area contributed by atoms with Crippen LogP contribution < -0.4 is 10.2 Å². The molecule has 1 saturated heterocycles. The van der Waals surface area contributed by atoms with E-state index in [1.807, 2.05) is 42.5 Å². The molecule has 0 aliphatic carbocycles. The first-order chi connectivity index (χ1) is 14.1. The number of morpholine rings is 1. The fourth-order valence-electron chi connectivity index (χ4n) is 3.18. The zero-order valence-corrected chi connectivity index (χ0v) is 16.1. The molecule has 0 radical (unpaired) electrons. The molecule has 7 heteroatoms. The predicted octanol–water partition coefficient (Wildman–Crippen LogP) is 3.45. The molecule has 7 nitrogen and oxygen atoms in total. The van der Waals surface area contributed by atoms with Crippen molar-refractivity contribution < 1.29 is 23.5 Å². The van der Waals surface area contributed by atoms with Crippen LogP contribution in [0.2, 0.25) is 0 Å². The molecule has 1 atom stereocenters. The van der Waals surface area contributed by atoms with Crippen molar-refractivity contribution in [3.05, 3.63) is 60.4 Å². The molecule has 2 heterocycles. The van der Waals surface area contributed by atoms with Gasteiger partial charge in [0.1, 0.15) is 5.58 Å². The average molecular weight is 394 g/mol. The van der Waals surface area contributed by atoms with Crippen LogP contribution in [0.4, 0.5) is 11.4 Å². The lowest BCUT2D eigenvalue weighted by Crippen LogP contribution is -2.36. The number of para-hydroxylation sites is 1. The molecule has 0 spiro atoms. The number of nitrogens with zero attached hydrogens (tertiary/aromatic N) is 1. The van der Waals surface area contributed by atoms with Crippen molar-refractivity contribution in [3.8, 4) is 0 Å². The van der Waals surface area contributed by atoms with E-state index in [0.29, 0.717) is 24.5 Å². The van der Waals surface area contributed by atoms with Gasteiger partial charge in [-0.15, -0.1) is 0 Å². The number of carbonyl (C=O) groups is 2. The number of nitrogens with one attached hydrogen (secondary N) is 1. The van der Waals surface area contributed by atoms with Crippen molar-refractivity contribution in [3.63, 3.8) is 0 Å². The smallest absolute Gasteiger partial charge is 0.375 e. The number of hydrogen-bond donors (Lipinski definition) is 1. The minimum Gasteiger partial charge on any atom is -0.449 e. The Labute approximate surface area is 168 Å². The summed E-state index contributed by atoms with van der Waals surface area (Å²) in [6.45, 7) is 4.65. The van der Waals surface area contributed by atoms with Crippen LogP contribution in [0.15, 0.2) is 59.0 Å². The largest absolute Gasteiger partial charge is 0.449 e. The van der Waals surface area contributed by atoms with Crippen LogP contribution in [0.25, 0.3) is 11.0 Å². The summed E-state index contributed by atoms with van der Waals surface area (Å²) in [6, 6.07) is 16.4. The Morgan fingerprint density at radius 2 is 1.79 bits per heavy atom. The summed E-state index contributed by atoms with van der Waals surface area (Å²) in [4.78, 5) is 26.9. The van der Waals surface area contributed by atoms with E-state index in [0.717, 1.165) is 24.2 Å². The molecule has 1 fully saturated rings. The van der Waals surface area contributed by atoms with Gasteiger partial charge in [-0.2, -0.15) is 0 Å². The molecule has 150 valence electrons. The zero-order chi connectivity index (χ0) is 20.2. The normalized spacial score (nSPS) is 15.1. The van der Waals surface area contributed by atoms with E-state index in [1.165, 1.54) is 6.92 Å². The lowest BCUT2D eigenvalue weighted by Gasteiger charge is -2.28. The van der Waals surface area contributed by atoms with Crippen LogP contribution >= 0.6 is 0 Å². The van der Waals surface area contributed by atoms with Crippen molar-refractivity contribution in [1.29, 1.82) is 0 Å². The molecule has 1 amide bonds. The number of hydrogen-bond acceptors (Lipinski definition) is 6. The van der Waals surface area contributed by atoms with Gasteiger partial charge < -0.3 is 24.1 Å². The van der Waals surface area contributed by atoms with Crippen molar-refractivity contribution in [2.24, 2.45) is 0 Å². The summed E-state index contributed by atoms with van der Waals surface area (Å²) in [5.74, 6) is -1.01. The lowest BCUT2D eigenvalue weighted by atomic mass is 10.2. The number of carbonyl (C=O) groups excluding carboxylic acids is 2. The molecule has 4 rings (SSSR count). The Balaban J connectivity index is 1.34. The monoisotopic (exact) mass is 394 g/mol. The van der Waals surface area contributed by atoms with E-state index in [9.17, 15) is 9.59 Å².